The molecule has 1 rings (SSSR count). The van der Waals surface area contributed by atoms with Crippen LogP contribution >= 0.6 is 0 Å². The van der Waals surface area contributed by atoms with Crippen LogP contribution in [-0.2, 0) is 10.0 Å². The van der Waals surface area contributed by atoms with Crippen molar-refractivity contribution < 1.29 is 8.42 Å². The summed E-state index contributed by atoms with van der Waals surface area (Å²) in [7, 11) is -0.843. The van der Waals surface area contributed by atoms with Gasteiger partial charge in [0, 0.05) is 19.1 Å². The van der Waals surface area contributed by atoms with Crippen LogP contribution in [0.15, 0.2) is 0 Å². The summed E-state index contributed by atoms with van der Waals surface area (Å²) in [6.07, 6.45) is 4.37. The average Bonchev–Trinajstić information content (AvgIpc) is 2.17. The van der Waals surface area contributed by atoms with Crippen molar-refractivity contribution in [1.29, 1.82) is 0 Å². The molecule has 0 aromatic heterocycles. The van der Waals surface area contributed by atoms with Crippen molar-refractivity contribution in [2.24, 2.45) is 0 Å². The molecule has 1 aliphatic rings. The topological polar surface area (TPSA) is 40.6 Å². The SMILES string of the molecule is CCCN(C)C1CCN(S(C)(=O)=O)CC1. The molecule has 4 nitrogen and oxygen atoms in total. The van der Waals surface area contributed by atoms with E-state index in [0.717, 1.165) is 25.8 Å². The predicted molar refractivity (Wildman–Crippen MR) is 62.4 cm³/mol. The summed E-state index contributed by atoms with van der Waals surface area (Å²) < 4.78 is 24.2. The summed E-state index contributed by atoms with van der Waals surface area (Å²) in [5.74, 6) is 0. The van der Waals surface area contributed by atoms with Gasteiger partial charge in [0.15, 0.2) is 0 Å². The average molecular weight is 234 g/mol. The number of piperidine rings is 1. The minimum atomic E-state index is -2.97. The highest BCUT2D eigenvalue weighted by Gasteiger charge is 2.26. The maximum absolute atomic E-state index is 11.3. The minimum Gasteiger partial charge on any atom is -0.303 e. The van der Waals surface area contributed by atoms with Gasteiger partial charge in [0.1, 0.15) is 0 Å². The first kappa shape index (κ1) is 12.9. The minimum absolute atomic E-state index is 0.558. The van der Waals surface area contributed by atoms with Gasteiger partial charge in [-0.3, -0.25) is 0 Å². The standard InChI is InChI=1S/C10H22N2O2S/c1-4-7-11(2)10-5-8-12(9-6-10)15(3,13)14/h10H,4-9H2,1-3H3. The van der Waals surface area contributed by atoms with Crippen LogP contribution in [0, 0.1) is 0 Å². The molecular formula is C10H22N2O2S. The Hall–Kier alpha value is -0.130. The highest BCUT2D eigenvalue weighted by atomic mass is 32.2. The van der Waals surface area contributed by atoms with Crippen LogP contribution in [0.5, 0.6) is 0 Å². The summed E-state index contributed by atoms with van der Waals surface area (Å²) >= 11 is 0. The first-order valence-electron chi connectivity index (χ1n) is 5.60. The van der Waals surface area contributed by atoms with Gasteiger partial charge in [-0.2, -0.15) is 0 Å². The molecule has 0 atom stereocenters. The third-order valence-electron chi connectivity index (χ3n) is 3.09. The molecule has 0 saturated carbocycles. The van der Waals surface area contributed by atoms with E-state index in [4.69, 9.17) is 0 Å². The summed E-state index contributed by atoms with van der Waals surface area (Å²) in [5.41, 5.74) is 0. The fraction of sp³-hybridized carbons (Fsp3) is 1.00. The van der Waals surface area contributed by atoms with E-state index in [9.17, 15) is 8.42 Å². The van der Waals surface area contributed by atoms with Gasteiger partial charge in [-0.15, -0.1) is 0 Å². The molecule has 0 aromatic carbocycles. The zero-order valence-corrected chi connectivity index (χ0v) is 10.8. The van der Waals surface area contributed by atoms with Crippen LogP contribution < -0.4 is 0 Å². The van der Waals surface area contributed by atoms with Crippen molar-refractivity contribution in [3.05, 3.63) is 0 Å². The van der Waals surface area contributed by atoms with Crippen molar-refractivity contribution in [3.63, 3.8) is 0 Å². The molecule has 0 aromatic rings. The molecule has 0 aliphatic carbocycles. The van der Waals surface area contributed by atoms with Crippen molar-refractivity contribution in [1.82, 2.24) is 9.21 Å². The zero-order chi connectivity index (χ0) is 11.5. The predicted octanol–water partition coefficient (Wildman–Crippen LogP) is 0.752. The van der Waals surface area contributed by atoms with Crippen molar-refractivity contribution in [2.45, 2.75) is 32.2 Å². The molecule has 0 unspecified atom stereocenters. The second kappa shape index (κ2) is 5.27. The highest BCUT2D eigenvalue weighted by molar-refractivity contribution is 7.88. The third-order valence-corrected chi connectivity index (χ3v) is 4.40. The monoisotopic (exact) mass is 234 g/mol. The summed E-state index contributed by atoms with van der Waals surface area (Å²) in [6.45, 7) is 4.63. The Balaban J connectivity index is 2.42. The Morgan fingerprint density at radius 2 is 1.87 bits per heavy atom. The van der Waals surface area contributed by atoms with Crippen LogP contribution in [0.4, 0.5) is 0 Å². The second-order valence-corrected chi connectivity index (χ2v) is 6.36. The Bertz CT molecular complexity index is 282. The van der Waals surface area contributed by atoms with Crippen LogP contribution in [0.2, 0.25) is 0 Å². The first-order chi connectivity index (χ1) is 6.95. The summed E-state index contributed by atoms with van der Waals surface area (Å²) in [5, 5.41) is 0. The maximum Gasteiger partial charge on any atom is 0.211 e. The molecule has 0 spiro atoms. The number of sulfonamides is 1. The Kier molecular flexibility index (Phi) is 4.55. The van der Waals surface area contributed by atoms with Gasteiger partial charge < -0.3 is 4.90 Å². The quantitative estimate of drug-likeness (QED) is 0.721. The van der Waals surface area contributed by atoms with E-state index in [1.54, 1.807) is 4.31 Å². The molecule has 0 radical (unpaired) electrons. The van der Waals surface area contributed by atoms with Crippen molar-refractivity contribution >= 4 is 10.0 Å². The molecule has 1 fully saturated rings. The van der Waals surface area contributed by atoms with Gasteiger partial charge in [-0.1, -0.05) is 6.92 Å². The summed E-state index contributed by atoms with van der Waals surface area (Å²) in [6, 6.07) is 0.558. The lowest BCUT2D eigenvalue weighted by Gasteiger charge is -2.35. The molecule has 5 heteroatoms. The van der Waals surface area contributed by atoms with Crippen LogP contribution in [-0.4, -0.2) is 56.6 Å². The fourth-order valence-electron chi connectivity index (χ4n) is 2.15. The van der Waals surface area contributed by atoms with Gasteiger partial charge in [0.25, 0.3) is 0 Å². The molecule has 0 bridgehead atoms. The maximum atomic E-state index is 11.3. The first-order valence-corrected chi connectivity index (χ1v) is 7.45. The lowest BCUT2D eigenvalue weighted by molar-refractivity contribution is 0.169. The van der Waals surface area contributed by atoms with E-state index >= 15 is 0 Å². The molecule has 1 saturated heterocycles. The number of nitrogens with zero attached hydrogens (tertiary/aromatic N) is 2. The molecule has 1 aliphatic heterocycles. The van der Waals surface area contributed by atoms with Crippen LogP contribution in [0.25, 0.3) is 0 Å². The highest BCUT2D eigenvalue weighted by Crippen LogP contribution is 2.17. The van der Waals surface area contributed by atoms with Gasteiger partial charge in [-0.05, 0) is 32.9 Å². The van der Waals surface area contributed by atoms with Crippen molar-refractivity contribution in [3.8, 4) is 0 Å². The Morgan fingerprint density at radius 3 is 2.27 bits per heavy atom. The lowest BCUT2D eigenvalue weighted by Crippen LogP contribution is -2.45. The van der Waals surface area contributed by atoms with Gasteiger partial charge in [-0.25, -0.2) is 12.7 Å². The van der Waals surface area contributed by atoms with E-state index in [2.05, 4.69) is 18.9 Å². The third kappa shape index (κ3) is 3.74. The smallest absolute Gasteiger partial charge is 0.211 e. The van der Waals surface area contributed by atoms with E-state index in [1.807, 2.05) is 0 Å². The molecular weight excluding hydrogens is 212 g/mol. The summed E-state index contributed by atoms with van der Waals surface area (Å²) in [4.78, 5) is 2.35. The van der Waals surface area contributed by atoms with E-state index < -0.39 is 10.0 Å². The van der Waals surface area contributed by atoms with Gasteiger partial charge in [0.05, 0.1) is 6.26 Å². The van der Waals surface area contributed by atoms with Crippen molar-refractivity contribution in [2.75, 3.05) is 32.9 Å². The van der Waals surface area contributed by atoms with E-state index in [-0.39, 0.29) is 0 Å². The number of hydrogen-bond acceptors (Lipinski definition) is 3. The lowest BCUT2D eigenvalue weighted by atomic mass is 10.1. The normalized spacial score (nSPS) is 21.1. The van der Waals surface area contributed by atoms with Gasteiger partial charge in [0.2, 0.25) is 10.0 Å². The largest absolute Gasteiger partial charge is 0.303 e. The molecule has 0 amide bonds. The van der Waals surface area contributed by atoms with E-state index in [0.29, 0.717) is 19.1 Å². The molecule has 90 valence electrons. The molecule has 15 heavy (non-hydrogen) atoms. The van der Waals surface area contributed by atoms with Gasteiger partial charge >= 0.3 is 0 Å². The number of rotatable bonds is 4. The molecule has 0 N–H and O–H groups in total. The fourth-order valence-corrected chi connectivity index (χ4v) is 3.02. The van der Waals surface area contributed by atoms with E-state index in [1.165, 1.54) is 6.26 Å². The Morgan fingerprint density at radius 1 is 1.33 bits per heavy atom. The zero-order valence-electron chi connectivity index (χ0n) is 9.94. The Labute approximate surface area is 93.3 Å². The number of hydrogen-bond donors (Lipinski definition) is 0. The molecule has 1 heterocycles. The van der Waals surface area contributed by atoms with Crippen LogP contribution in [0.3, 0.4) is 0 Å². The van der Waals surface area contributed by atoms with Crippen LogP contribution in [0.1, 0.15) is 26.2 Å². The second-order valence-electron chi connectivity index (χ2n) is 4.37.